The Bertz CT molecular complexity index is 930. The topological polar surface area (TPSA) is 65.8 Å². The third kappa shape index (κ3) is 5.58. The van der Waals surface area contributed by atoms with E-state index in [2.05, 4.69) is 10.2 Å². The smallest absolute Gasteiger partial charge is 0.416 e. The number of furan rings is 1. The minimum atomic E-state index is -4.43. The third-order valence-electron chi connectivity index (χ3n) is 6.59. The highest BCUT2D eigenvalue weighted by atomic mass is 19.4. The predicted molar refractivity (Wildman–Crippen MR) is 115 cm³/mol. The van der Waals surface area contributed by atoms with Crippen molar-refractivity contribution in [2.45, 2.75) is 44.4 Å². The van der Waals surface area contributed by atoms with Crippen molar-refractivity contribution in [1.29, 1.82) is 0 Å². The van der Waals surface area contributed by atoms with Gasteiger partial charge in [0.2, 0.25) is 5.91 Å². The number of amides is 2. The Morgan fingerprint density at radius 3 is 2.27 bits per heavy atom. The van der Waals surface area contributed by atoms with E-state index in [1.165, 1.54) is 12.1 Å². The summed E-state index contributed by atoms with van der Waals surface area (Å²) in [6.07, 6.45) is 1.37. The maximum absolute atomic E-state index is 13.1. The summed E-state index contributed by atoms with van der Waals surface area (Å²) < 4.78 is 43.7. The highest BCUT2D eigenvalue weighted by Gasteiger charge is 2.37. The Balaban J connectivity index is 1.37. The van der Waals surface area contributed by atoms with Gasteiger partial charge in [-0.3, -0.25) is 14.5 Å². The SMILES string of the molecule is O=C(NCc1ccco1)[C@H](C1CCCC1)N1CCN(C(=O)c2ccc(C(F)(F)F)cc2)CC1. The van der Waals surface area contributed by atoms with E-state index in [1.54, 1.807) is 17.2 Å². The lowest BCUT2D eigenvalue weighted by atomic mass is 9.95. The highest BCUT2D eigenvalue weighted by Crippen LogP contribution is 2.32. The van der Waals surface area contributed by atoms with E-state index in [0.717, 1.165) is 37.8 Å². The van der Waals surface area contributed by atoms with Gasteiger partial charge in [0, 0.05) is 31.7 Å². The van der Waals surface area contributed by atoms with E-state index in [4.69, 9.17) is 4.42 Å². The number of halogens is 3. The van der Waals surface area contributed by atoms with Gasteiger partial charge in [-0.05, 0) is 55.2 Å². The van der Waals surface area contributed by atoms with Crippen LogP contribution < -0.4 is 5.32 Å². The van der Waals surface area contributed by atoms with E-state index >= 15 is 0 Å². The summed E-state index contributed by atoms with van der Waals surface area (Å²) in [5, 5.41) is 2.99. The maximum Gasteiger partial charge on any atom is 0.416 e. The number of carbonyl (C=O) groups is 2. The largest absolute Gasteiger partial charge is 0.467 e. The van der Waals surface area contributed by atoms with E-state index < -0.39 is 11.7 Å². The molecule has 2 fully saturated rings. The van der Waals surface area contributed by atoms with Crippen LogP contribution in [0, 0.1) is 5.92 Å². The van der Waals surface area contributed by atoms with Gasteiger partial charge in [0.05, 0.1) is 24.4 Å². The predicted octanol–water partition coefficient (Wildman–Crippen LogP) is 3.93. The Morgan fingerprint density at radius 2 is 1.70 bits per heavy atom. The zero-order chi connectivity index (χ0) is 23.4. The van der Waals surface area contributed by atoms with Gasteiger partial charge in [0.25, 0.3) is 5.91 Å². The standard InChI is InChI=1S/C24H28F3N3O3/c25-24(26,27)19-9-7-18(8-10-19)23(32)30-13-11-29(12-14-30)21(17-4-1-2-5-17)22(31)28-16-20-6-3-15-33-20/h3,6-10,15,17,21H,1-2,4-5,11-14,16H2,(H,28,31)/t21-/m0/s1. The average Bonchev–Trinajstić information content (AvgIpc) is 3.52. The van der Waals surface area contributed by atoms with Gasteiger partial charge < -0.3 is 14.6 Å². The molecule has 2 amide bonds. The van der Waals surface area contributed by atoms with Crippen molar-refractivity contribution in [3.63, 3.8) is 0 Å². The van der Waals surface area contributed by atoms with Crippen molar-refractivity contribution < 1.29 is 27.2 Å². The Labute approximate surface area is 190 Å². The van der Waals surface area contributed by atoms with E-state index in [-0.39, 0.29) is 29.3 Å². The van der Waals surface area contributed by atoms with Crippen LogP contribution in [0.1, 0.15) is 47.4 Å². The quantitative estimate of drug-likeness (QED) is 0.705. The summed E-state index contributed by atoms with van der Waals surface area (Å²) in [5.74, 6) is 0.656. The Hall–Kier alpha value is -2.81. The first kappa shape index (κ1) is 23.4. The van der Waals surface area contributed by atoms with E-state index in [1.807, 2.05) is 6.07 Å². The van der Waals surface area contributed by atoms with Gasteiger partial charge in [-0.25, -0.2) is 0 Å². The molecule has 1 saturated heterocycles. The molecule has 0 unspecified atom stereocenters. The molecule has 4 rings (SSSR count). The van der Waals surface area contributed by atoms with Crippen LogP contribution in [0.3, 0.4) is 0 Å². The molecule has 33 heavy (non-hydrogen) atoms. The molecule has 1 aromatic heterocycles. The monoisotopic (exact) mass is 463 g/mol. The first-order valence-corrected chi connectivity index (χ1v) is 11.3. The molecule has 0 bridgehead atoms. The number of piperazine rings is 1. The second-order valence-electron chi connectivity index (χ2n) is 8.69. The molecule has 0 radical (unpaired) electrons. The van der Waals surface area contributed by atoms with Crippen LogP contribution in [0.25, 0.3) is 0 Å². The van der Waals surface area contributed by atoms with Gasteiger partial charge in [-0.1, -0.05) is 12.8 Å². The summed E-state index contributed by atoms with van der Waals surface area (Å²) in [7, 11) is 0. The second-order valence-corrected chi connectivity index (χ2v) is 8.69. The molecule has 1 aromatic carbocycles. The second kappa shape index (κ2) is 9.99. The first-order chi connectivity index (χ1) is 15.8. The Kier molecular flexibility index (Phi) is 7.07. The highest BCUT2D eigenvalue weighted by molar-refractivity contribution is 5.94. The molecule has 1 aliphatic heterocycles. The normalized spacial score (nSPS) is 18.9. The van der Waals surface area contributed by atoms with Crippen LogP contribution >= 0.6 is 0 Å². The third-order valence-corrected chi connectivity index (χ3v) is 6.59. The van der Waals surface area contributed by atoms with Crippen LogP contribution in [-0.2, 0) is 17.5 Å². The first-order valence-electron chi connectivity index (χ1n) is 11.3. The number of nitrogens with zero attached hydrogens (tertiary/aromatic N) is 2. The number of hydrogen-bond donors (Lipinski definition) is 1. The molecule has 2 aromatic rings. The molecule has 6 nitrogen and oxygen atoms in total. The molecular weight excluding hydrogens is 435 g/mol. The van der Waals surface area contributed by atoms with Gasteiger partial charge in [0.15, 0.2) is 0 Å². The molecule has 2 heterocycles. The van der Waals surface area contributed by atoms with Crippen LogP contribution in [-0.4, -0.2) is 53.8 Å². The zero-order valence-electron chi connectivity index (χ0n) is 18.3. The lowest BCUT2D eigenvalue weighted by Crippen LogP contribution is -2.57. The molecule has 1 aliphatic carbocycles. The number of rotatable bonds is 6. The summed E-state index contributed by atoms with van der Waals surface area (Å²) in [6.45, 7) is 2.27. The molecule has 1 N–H and O–H groups in total. The van der Waals surface area contributed by atoms with E-state index in [0.29, 0.717) is 38.5 Å². The number of carbonyl (C=O) groups excluding carboxylic acids is 2. The summed E-state index contributed by atoms with van der Waals surface area (Å²) in [4.78, 5) is 29.7. The lowest BCUT2D eigenvalue weighted by Gasteiger charge is -2.40. The molecular formula is C24H28F3N3O3. The van der Waals surface area contributed by atoms with Gasteiger partial charge in [-0.2, -0.15) is 13.2 Å². The molecule has 178 valence electrons. The number of benzene rings is 1. The fourth-order valence-corrected chi connectivity index (χ4v) is 4.83. The number of hydrogen-bond acceptors (Lipinski definition) is 4. The van der Waals surface area contributed by atoms with Crippen molar-refractivity contribution in [2.24, 2.45) is 5.92 Å². The zero-order valence-corrected chi connectivity index (χ0v) is 18.3. The summed E-state index contributed by atoms with van der Waals surface area (Å²) in [5.41, 5.74) is -0.538. The van der Waals surface area contributed by atoms with Crippen molar-refractivity contribution in [3.8, 4) is 0 Å². The van der Waals surface area contributed by atoms with Crippen molar-refractivity contribution in [3.05, 3.63) is 59.5 Å². The molecule has 2 aliphatic rings. The minimum Gasteiger partial charge on any atom is -0.467 e. The van der Waals surface area contributed by atoms with Crippen molar-refractivity contribution >= 4 is 11.8 Å². The Morgan fingerprint density at radius 1 is 1.03 bits per heavy atom. The lowest BCUT2D eigenvalue weighted by molar-refractivity contribution is -0.137. The van der Waals surface area contributed by atoms with Crippen LogP contribution in [0.5, 0.6) is 0 Å². The summed E-state index contributed by atoms with van der Waals surface area (Å²) >= 11 is 0. The number of alkyl halides is 3. The minimum absolute atomic E-state index is 0.0270. The average molecular weight is 464 g/mol. The van der Waals surface area contributed by atoms with Crippen molar-refractivity contribution in [1.82, 2.24) is 15.1 Å². The molecule has 1 atom stereocenters. The summed E-state index contributed by atoms with van der Waals surface area (Å²) in [6, 6.07) is 7.65. The van der Waals surface area contributed by atoms with Crippen molar-refractivity contribution in [2.75, 3.05) is 26.2 Å². The fraction of sp³-hybridized carbons (Fsp3) is 0.500. The van der Waals surface area contributed by atoms with Crippen LogP contribution in [0.15, 0.2) is 47.1 Å². The molecule has 9 heteroatoms. The van der Waals surface area contributed by atoms with Gasteiger partial charge in [0.1, 0.15) is 5.76 Å². The van der Waals surface area contributed by atoms with E-state index in [9.17, 15) is 22.8 Å². The van der Waals surface area contributed by atoms with Crippen LogP contribution in [0.2, 0.25) is 0 Å². The maximum atomic E-state index is 13.1. The van der Waals surface area contributed by atoms with Gasteiger partial charge >= 0.3 is 6.18 Å². The number of nitrogens with one attached hydrogen (secondary N) is 1. The fourth-order valence-electron chi connectivity index (χ4n) is 4.83. The molecule has 0 spiro atoms. The van der Waals surface area contributed by atoms with Crippen LogP contribution in [0.4, 0.5) is 13.2 Å². The molecule has 1 saturated carbocycles. The van der Waals surface area contributed by atoms with Gasteiger partial charge in [-0.15, -0.1) is 0 Å².